The minimum absolute atomic E-state index is 0.0866. The van der Waals surface area contributed by atoms with Gasteiger partial charge in [-0.3, -0.25) is 4.79 Å². The van der Waals surface area contributed by atoms with E-state index in [0.717, 1.165) is 12.0 Å². The molecule has 3 rings (SSSR count). The zero-order valence-electron chi connectivity index (χ0n) is 18.2. The second-order valence-electron chi connectivity index (χ2n) is 7.48. The molecule has 0 saturated carbocycles. The van der Waals surface area contributed by atoms with Crippen molar-refractivity contribution in [2.45, 2.75) is 45.9 Å². The van der Waals surface area contributed by atoms with Crippen LogP contribution in [0.3, 0.4) is 0 Å². The van der Waals surface area contributed by atoms with E-state index >= 15 is 0 Å². The van der Waals surface area contributed by atoms with Crippen molar-refractivity contribution in [3.05, 3.63) is 65.0 Å². The molecule has 0 saturated heterocycles. The van der Waals surface area contributed by atoms with Crippen LogP contribution in [-0.2, 0) is 24.1 Å². The minimum atomic E-state index is -4.75. The fourth-order valence-electron chi connectivity index (χ4n) is 3.27. The highest BCUT2D eigenvalue weighted by molar-refractivity contribution is 5.70. The summed E-state index contributed by atoms with van der Waals surface area (Å²) in [5.41, 5.74) is 2.78. The summed E-state index contributed by atoms with van der Waals surface area (Å²) in [7, 11) is 0. The highest BCUT2D eigenvalue weighted by Crippen LogP contribution is 2.28. The summed E-state index contributed by atoms with van der Waals surface area (Å²) in [6.45, 7) is 4.18. The van der Waals surface area contributed by atoms with Crippen molar-refractivity contribution in [2.24, 2.45) is 0 Å². The molecular weight excluding hydrogens is 439 g/mol. The molecule has 0 amide bonds. The molecule has 0 aliphatic rings. The van der Waals surface area contributed by atoms with Crippen molar-refractivity contribution >= 4 is 5.97 Å². The number of alkyl halides is 3. The number of aryl methyl sites for hydroxylation is 2. The summed E-state index contributed by atoms with van der Waals surface area (Å²) in [6, 6.07) is 10.6. The average Bonchev–Trinajstić information content (AvgIpc) is 3.12. The van der Waals surface area contributed by atoms with Gasteiger partial charge in [0.2, 0.25) is 5.89 Å². The Balaban J connectivity index is 1.71. The predicted molar refractivity (Wildman–Crippen MR) is 114 cm³/mol. The molecule has 0 radical (unpaired) electrons. The summed E-state index contributed by atoms with van der Waals surface area (Å²) < 4.78 is 52.7. The van der Waals surface area contributed by atoms with Gasteiger partial charge in [0.1, 0.15) is 17.3 Å². The Morgan fingerprint density at radius 1 is 1.12 bits per heavy atom. The van der Waals surface area contributed by atoms with Crippen LogP contribution in [0.5, 0.6) is 11.5 Å². The molecule has 176 valence electrons. The van der Waals surface area contributed by atoms with Crippen molar-refractivity contribution < 1.29 is 37.0 Å². The lowest BCUT2D eigenvalue weighted by Gasteiger charge is -2.10. The first-order valence-corrected chi connectivity index (χ1v) is 10.4. The van der Waals surface area contributed by atoms with E-state index in [4.69, 9.17) is 14.3 Å². The van der Waals surface area contributed by atoms with Gasteiger partial charge in [0.25, 0.3) is 0 Å². The van der Waals surface area contributed by atoms with Gasteiger partial charge in [-0.2, -0.15) is 0 Å². The van der Waals surface area contributed by atoms with Crippen LogP contribution in [0.4, 0.5) is 13.2 Å². The van der Waals surface area contributed by atoms with E-state index in [0.29, 0.717) is 53.7 Å². The van der Waals surface area contributed by atoms with Crippen molar-refractivity contribution in [2.75, 3.05) is 6.61 Å². The lowest BCUT2D eigenvalue weighted by atomic mass is 10.1. The lowest BCUT2D eigenvalue weighted by Crippen LogP contribution is -2.16. The molecule has 0 atom stereocenters. The van der Waals surface area contributed by atoms with Crippen molar-refractivity contribution in [1.82, 2.24) is 4.98 Å². The molecule has 0 spiro atoms. The molecule has 2 aromatic carbocycles. The smallest absolute Gasteiger partial charge is 0.493 e. The lowest BCUT2D eigenvalue weighted by molar-refractivity contribution is -0.274. The summed E-state index contributed by atoms with van der Waals surface area (Å²) in [6.07, 6.45) is -2.90. The highest BCUT2D eigenvalue weighted by Gasteiger charge is 2.31. The van der Waals surface area contributed by atoms with Crippen LogP contribution in [0.15, 0.2) is 46.9 Å². The van der Waals surface area contributed by atoms with Gasteiger partial charge in [0, 0.05) is 18.4 Å². The molecule has 33 heavy (non-hydrogen) atoms. The Bertz CT molecular complexity index is 1090. The third-order valence-electron chi connectivity index (χ3n) is 4.79. The monoisotopic (exact) mass is 463 g/mol. The van der Waals surface area contributed by atoms with E-state index in [1.807, 2.05) is 19.9 Å². The van der Waals surface area contributed by atoms with E-state index in [1.54, 1.807) is 12.1 Å². The number of nitrogens with zero attached hydrogens (tertiary/aromatic N) is 1. The summed E-state index contributed by atoms with van der Waals surface area (Å²) in [4.78, 5) is 15.5. The third-order valence-corrected chi connectivity index (χ3v) is 4.79. The first-order valence-electron chi connectivity index (χ1n) is 10.4. The highest BCUT2D eigenvalue weighted by atomic mass is 19.4. The Morgan fingerprint density at radius 3 is 2.48 bits per heavy atom. The molecule has 0 fully saturated rings. The number of ether oxygens (including phenoxy) is 2. The number of hydrogen-bond acceptors (Lipinski definition) is 5. The Hall–Kier alpha value is -3.49. The Labute approximate surface area is 189 Å². The van der Waals surface area contributed by atoms with Crippen LogP contribution in [0.2, 0.25) is 0 Å². The van der Waals surface area contributed by atoms with Crippen molar-refractivity contribution in [3.63, 3.8) is 0 Å². The number of halogens is 3. The van der Waals surface area contributed by atoms with Crippen LogP contribution in [0.25, 0.3) is 11.5 Å². The Morgan fingerprint density at radius 2 is 1.85 bits per heavy atom. The molecule has 9 heteroatoms. The molecule has 6 nitrogen and oxygen atoms in total. The minimum Gasteiger partial charge on any atom is -0.493 e. The van der Waals surface area contributed by atoms with Gasteiger partial charge in [-0.15, -0.1) is 13.2 Å². The number of carboxylic acids is 1. The number of aliphatic carboxylic acids is 1. The van der Waals surface area contributed by atoms with Gasteiger partial charge in [-0.05, 0) is 54.8 Å². The standard InChI is InChI=1S/C24H24F3NO5/c1-3-4-20-19(11-12-31-21-13-16(14-22(29)30)6-5-15(21)2)28-23(32-20)17-7-9-18(10-8-17)33-24(25,26)27/h5-10,13H,3-4,11-12,14H2,1-2H3,(H,29,30). The second kappa shape index (κ2) is 10.4. The number of carbonyl (C=O) groups is 1. The quantitative estimate of drug-likeness (QED) is 0.412. The largest absolute Gasteiger partial charge is 0.573 e. The van der Waals surface area contributed by atoms with Crippen LogP contribution in [0.1, 0.15) is 35.9 Å². The number of carboxylic acid groups (broad SMARTS) is 1. The van der Waals surface area contributed by atoms with Gasteiger partial charge < -0.3 is 19.0 Å². The van der Waals surface area contributed by atoms with Crippen LogP contribution < -0.4 is 9.47 Å². The molecule has 1 aromatic heterocycles. The van der Waals surface area contributed by atoms with E-state index in [-0.39, 0.29) is 12.2 Å². The maximum atomic E-state index is 12.4. The maximum Gasteiger partial charge on any atom is 0.573 e. The predicted octanol–water partition coefficient (Wildman–Crippen LogP) is 5.75. The first-order chi connectivity index (χ1) is 15.6. The van der Waals surface area contributed by atoms with Gasteiger partial charge in [-0.25, -0.2) is 4.98 Å². The zero-order valence-corrected chi connectivity index (χ0v) is 18.2. The summed E-state index contributed by atoms with van der Waals surface area (Å²) in [5.74, 6) is 0.382. The SMILES string of the molecule is CCCc1oc(-c2ccc(OC(F)(F)F)cc2)nc1CCOc1cc(CC(=O)O)ccc1C. The number of benzene rings is 2. The van der Waals surface area contributed by atoms with Crippen LogP contribution in [0, 0.1) is 6.92 Å². The van der Waals surface area contributed by atoms with E-state index < -0.39 is 12.3 Å². The molecule has 0 unspecified atom stereocenters. The van der Waals surface area contributed by atoms with Gasteiger partial charge in [0.05, 0.1) is 18.7 Å². The summed E-state index contributed by atoms with van der Waals surface area (Å²) >= 11 is 0. The zero-order chi connectivity index (χ0) is 24.0. The van der Waals surface area contributed by atoms with Crippen molar-refractivity contribution in [1.29, 1.82) is 0 Å². The van der Waals surface area contributed by atoms with E-state index in [1.165, 1.54) is 24.3 Å². The second-order valence-corrected chi connectivity index (χ2v) is 7.48. The fourth-order valence-corrected chi connectivity index (χ4v) is 3.27. The van der Waals surface area contributed by atoms with E-state index in [9.17, 15) is 18.0 Å². The molecule has 1 N–H and O–H groups in total. The molecule has 1 heterocycles. The topological polar surface area (TPSA) is 81.8 Å². The normalized spacial score (nSPS) is 11.4. The molecule has 3 aromatic rings. The van der Waals surface area contributed by atoms with E-state index in [2.05, 4.69) is 9.72 Å². The molecule has 0 aliphatic carbocycles. The number of aromatic nitrogens is 1. The first kappa shape index (κ1) is 24.2. The molecule has 0 bridgehead atoms. The number of hydrogen-bond donors (Lipinski definition) is 1. The van der Waals surface area contributed by atoms with Gasteiger partial charge in [0.15, 0.2) is 0 Å². The molecule has 0 aliphatic heterocycles. The van der Waals surface area contributed by atoms with Crippen LogP contribution in [-0.4, -0.2) is 29.0 Å². The average molecular weight is 463 g/mol. The fraction of sp³-hybridized carbons (Fsp3) is 0.333. The third kappa shape index (κ3) is 7.00. The molecular formula is C24H24F3NO5. The number of oxazole rings is 1. The van der Waals surface area contributed by atoms with Crippen LogP contribution >= 0.6 is 0 Å². The van der Waals surface area contributed by atoms with Crippen molar-refractivity contribution in [3.8, 4) is 23.0 Å². The summed E-state index contributed by atoms with van der Waals surface area (Å²) in [5, 5.41) is 8.98. The number of rotatable bonds is 10. The maximum absolute atomic E-state index is 12.4. The Kier molecular flexibility index (Phi) is 7.63. The van der Waals surface area contributed by atoms with Gasteiger partial charge in [-0.1, -0.05) is 19.1 Å². The van der Waals surface area contributed by atoms with Gasteiger partial charge >= 0.3 is 12.3 Å².